The monoisotopic (exact) mass is 472 g/mol. The van der Waals surface area contributed by atoms with Gasteiger partial charge >= 0.3 is 6.18 Å². The summed E-state index contributed by atoms with van der Waals surface area (Å²) in [5.74, 6) is 0.580. The molecule has 0 aliphatic heterocycles. The van der Waals surface area contributed by atoms with Crippen LogP contribution in [0.15, 0.2) is 39.5 Å². The molecule has 0 radical (unpaired) electrons. The van der Waals surface area contributed by atoms with Gasteiger partial charge in [-0.3, -0.25) is 9.89 Å². The second kappa shape index (κ2) is 8.43. The number of H-pyrrole nitrogens is 1. The van der Waals surface area contributed by atoms with E-state index in [1.54, 1.807) is 18.2 Å². The van der Waals surface area contributed by atoms with E-state index in [0.717, 1.165) is 36.6 Å². The minimum Gasteiger partial charge on any atom is -0.440 e. The molecular weight excluding hydrogens is 449 g/mol. The predicted molar refractivity (Wildman–Crippen MR) is 118 cm³/mol. The van der Waals surface area contributed by atoms with Gasteiger partial charge in [0.15, 0.2) is 5.65 Å². The van der Waals surface area contributed by atoms with E-state index in [0.29, 0.717) is 11.5 Å². The summed E-state index contributed by atoms with van der Waals surface area (Å²) in [6.45, 7) is 1.18. The molecule has 1 saturated carbocycles. The van der Waals surface area contributed by atoms with Crippen molar-refractivity contribution in [1.82, 2.24) is 19.6 Å². The molecule has 0 bridgehead atoms. The maximum absolute atomic E-state index is 13.9. The first-order valence-corrected chi connectivity index (χ1v) is 11.2. The van der Waals surface area contributed by atoms with Crippen molar-refractivity contribution in [2.75, 3.05) is 0 Å². The Balaban J connectivity index is 1.72. The molecule has 1 aromatic carbocycles. The van der Waals surface area contributed by atoms with Crippen LogP contribution in [0.1, 0.15) is 60.9 Å². The van der Waals surface area contributed by atoms with Crippen molar-refractivity contribution in [2.24, 2.45) is 0 Å². The zero-order valence-corrected chi connectivity index (χ0v) is 18.4. The molecule has 1 aliphatic carbocycles. The average molecular weight is 472 g/mol. The maximum atomic E-state index is 13.9. The highest BCUT2D eigenvalue weighted by Gasteiger charge is 2.38. The lowest BCUT2D eigenvalue weighted by molar-refractivity contribution is -0.140. The standard InChI is InChI=1S/C24H23F3N4O3/c1-13-17(22-29-16(12-32)19(34-22)15-10-6-3-7-11-15)23(33)31-21(28-13)18(14-8-4-2-5-9-14)20(30-31)24(25,26)27/h2,4-5,8-9,15,30,32H,3,6-7,10-12H2,1H3. The third-order valence-corrected chi connectivity index (χ3v) is 6.37. The summed E-state index contributed by atoms with van der Waals surface area (Å²) >= 11 is 0. The number of aliphatic hydroxyl groups excluding tert-OH is 1. The summed E-state index contributed by atoms with van der Waals surface area (Å²) in [6.07, 6.45) is 0.245. The fourth-order valence-electron chi connectivity index (χ4n) is 4.78. The van der Waals surface area contributed by atoms with Gasteiger partial charge in [0.1, 0.15) is 22.7 Å². The molecule has 0 saturated heterocycles. The molecule has 5 rings (SSSR count). The largest absolute Gasteiger partial charge is 0.440 e. The van der Waals surface area contributed by atoms with E-state index in [-0.39, 0.29) is 46.4 Å². The molecule has 1 aliphatic rings. The van der Waals surface area contributed by atoms with Gasteiger partial charge in [0.25, 0.3) is 5.56 Å². The zero-order chi connectivity index (χ0) is 24.0. The quantitative estimate of drug-likeness (QED) is 0.425. The molecule has 178 valence electrons. The van der Waals surface area contributed by atoms with E-state index in [4.69, 9.17) is 4.42 Å². The molecule has 0 atom stereocenters. The number of hydrogen-bond acceptors (Lipinski definition) is 5. The summed E-state index contributed by atoms with van der Waals surface area (Å²) in [5.41, 5.74) is -1.37. The number of aromatic nitrogens is 4. The van der Waals surface area contributed by atoms with Crippen molar-refractivity contribution < 1.29 is 22.7 Å². The van der Waals surface area contributed by atoms with Gasteiger partial charge in [0.05, 0.1) is 17.9 Å². The van der Waals surface area contributed by atoms with E-state index in [1.165, 1.54) is 19.1 Å². The van der Waals surface area contributed by atoms with Crippen LogP contribution in [0.5, 0.6) is 0 Å². The lowest BCUT2D eigenvalue weighted by Crippen LogP contribution is -2.20. The minimum absolute atomic E-state index is 0.0381. The van der Waals surface area contributed by atoms with Crippen LogP contribution in [0, 0.1) is 6.92 Å². The van der Waals surface area contributed by atoms with Gasteiger partial charge in [-0.15, -0.1) is 0 Å². The number of nitrogens with zero attached hydrogens (tertiary/aromatic N) is 3. The molecule has 1 fully saturated rings. The number of aliphatic hydroxyl groups is 1. The van der Waals surface area contributed by atoms with Crippen molar-refractivity contribution in [3.8, 4) is 22.6 Å². The molecule has 0 amide bonds. The van der Waals surface area contributed by atoms with Crippen molar-refractivity contribution in [3.63, 3.8) is 0 Å². The van der Waals surface area contributed by atoms with E-state index in [9.17, 15) is 23.1 Å². The predicted octanol–water partition coefficient (Wildman–Crippen LogP) is 5.21. The number of aromatic amines is 1. The van der Waals surface area contributed by atoms with Crippen LogP contribution >= 0.6 is 0 Å². The second-order valence-electron chi connectivity index (χ2n) is 8.58. The van der Waals surface area contributed by atoms with Crippen molar-refractivity contribution in [1.29, 1.82) is 0 Å². The van der Waals surface area contributed by atoms with Gasteiger partial charge in [-0.25, -0.2) is 9.97 Å². The van der Waals surface area contributed by atoms with Crippen LogP contribution in [0.3, 0.4) is 0 Å². The number of aryl methyl sites for hydroxylation is 1. The number of benzene rings is 1. The van der Waals surface area contributed by atoms with Crippen LogP contribution in [-0.4, -0.2) is 24.7 Å². The first kappa shape index (κ1) is 22.4. The SMILES string of the molecule is Cc1nc2c(-c3ccccc3)c(C(F)(F)F)[nH]n2c(=O)c1-c1nc(CO)c(C2CCCCC2)o1. The van der Waals surface area contributed by atoms with Crippen LogP contribution < -0.4 is 5.56 Å². The normalized spacial score (nSPS) is 15.3. The van der Waals surface area contributed by atoms with Crippen LogP contribution in [0.25, 0.3) is 28.2 Å². The van der Waals surface area contributed by atoms with Gasteiger partial charge in [-0.2, -0.15) is 17.7 Å². The highest BCUT2D eigenvalue weighted by molar-refractivity contribution is 5.81. The third kappa shape index (κ3) is 3.71. The Labute approximate surface area is 192 Å². The zero-order valence-electron chi connectivity index (χ0n) is 18.4. The number of nitrogens with one attached hydrogen (secondary N) is 1. The van der Waals surface area contributed by atoms with E-state index in [2.05, 4.69) is 15.1 Å². The molecule has 2 N–H and O–H groups in total. The fourth-order valence-corrected chi connectivity index (χ4v) is 4.78. The molecule has 0 unspecified atom stereocenters. The number of hydrogen-bond donors (Lipinski definition) is 2. The number of rotatable bonds is 4. The van der Waals surface area contributed by atoms with Crippen LogP contribution in [-0.2, 0) is 12.8 Å². The smallest absolute Gasteiger partial charge is 0.433 e. The average Bonchev–Trinajstić information content (AvgIpc) is 3.42. The van der Waals surface area contributed by atoms with Crippen LogP contribution in [0.4, 0.5) is 13.2 Å². The van der Waals surface area contributed by atoms with Gasteiger partial charge < -0.3 is 9.52 Å². The van der Waals surface area contributed by atoms with E-state index < -0.39 is 17.4 Å². The van der Waals surface area contributed by atoms with Gasteiger partial charge in [-0.05, 0) is 25.3 Å². The maximum Gasteiger partial charge on any atom is 0.433 e. The molecule has 0 spiro atoms. The van der Waals surface area contributed by atoms with Crippen LogP contribution in [0.2, 0.25) is 0 Å². The Morgan fingerprint density at radius 1 is 1.12 bits per heavy atom. The third-order valence-electron chi connectivity index (χ3n) is 6.37. The second-order valence-corrected chi connectivity index (χ2v) is 8.58. The Morgan fingerprint density at radius 3 is 2.47 bits per heavy atom. The lowest BCUT2D eigenvalue weighted by Gasteiger charge is -2.19. The van der Waals surface area contributed by atoms with Crippen molar-refractivity contribution in [3.05, 3.63) is 63.5 Å². The Morgan fingerprint density at radius 2 is 1.82 bits per heavy atom. The first-order chi connectivity index (χ1) is 16.3. The van der Waals surface area contributed by atoms with Gasteiger partial charge in [0.2, 0.25) is 5.89 Å². The summed E-state index contributed by atoms with van der Waals surface area (Å²) in [7, 11) is 0. The molecule has 3 heterocycles. The molecule has 3 aromatic heterocycles. The summed E-state index contributed by atoms with van der Waals surface area (Å²) < 4.78 is 48.5. The molecule has 10 heteroatoms. The molecule has 7 nitrogen and oxygen atoms in total. The highest BCUT2D eigenvalue weighted by atomic mass is 19.4. The van der Waals surface area contributed by atoms with Crippen molar-refractivity contribution >= 4 is 5.65 Å². The lowest BCUT2D eigenvalue weighted by atomic mass is 9.87. The number of oxazole rings is 1. The van der Waals surface area contributed by atoms with Crippen molar-refractivity contribution in [2.45, 2.75) is 57.7 Å². The van der Waals surface area contributed by atoms with Gasteiger partial charge in [-0.1, -0.05) is 49.6 Å². The first-order valence-electron chi connectivity index (χ1n) is 11.2. The van der Waals surface area contributed by atoms with Gasteiger partial charge in [0, 0.05) is 5.92 Å². The van der Waals surface area contributed by atoms with E-state index >= 15 is 0 Å². The Kier molecular flexibility index (Phi) is 5.55. The minimum atomic E-state index is -4.74. The summed E-state index contributed by atoms with van der Waals surface area (Å²) in [4.78, 5) is 22.1. The Bertz CT molecular complexity index is 1400. The Hall–Kier alpha value is -3.40. The molecular formula is C24H23F3N4O3. The summed E-state index contributed by atoms with van der Waals surface area (Å²) in [6, 6.07) is 8.00. The molecule has 4 aromatic rings. The number of halogens is 3. The van der Waals surface area contributed by atoms with E-state index in [1.807, 2.05) is 0 Å². The fraction of sp³-hybridized carbons (Fsp3) is 0.375. The highest BCUT2D eigenvalue weighted by Crippen LogP contribution is 2.39. The topological polar surface area (TPSA) is 96.4 Å². The number of fused-ring (bicyclic) bond motifs is 1. The molecule has 34 heavy (non-hydrogen) atoms. The number of alkyl halides is 3. The summed E-state index contributed by atoms with van der Waals surface area (Å²) in [5, 5.41) is 12.0.